The highest BCUT2D eigenvalue weighted by Gasteiger charge is 2.19. The Morgan fingerprint density at radius 3 is 3.00 bits per heavy atom. The van der Waals surface area contributed by atoms with Crippen molar-refractivity contribution in [1.29, 1.82) is 0 Å². The Morgan fingerprint density at radius 2 is 2.18 bits per heavy atom. The van der Waals surface area contributed by atoms with E-state index in [-0.39, 0.29) is 5.91 Å². The van der Waals surface area contributed by atoms with Crippen molar-refractivity contribution < 1.29 is 4.79 Å². The lowest BCUT2D eigenvalue weighted by atomic mass is 9.96. The molecule has 0 aliphatic heterocycles. The van der Waals surface area contributed by atoms with Gasteiger partial charge in [-0.1, -0.05) is 0 Å². The zero-order valence-corrected chi connectivity index (χ0v) is 16.2. The van der Waals surface area contributed by atoms with Crippen molar-refractivity contribution in [2.75, 3.05) is 12.3 Å². The van der Waals surface area contributed by atoms with Crippen molar-refractivity contribution in [3.05, 3.63) is 42.2 Å². The molecule has 0 saturated carbocycles. The van der Waals surface area contributed by atoms with Crippen LogP contribution >= 0.6 is 50.4 Å². The minimum Gasteiger partial charge on any atom is -0.351 e. The van der Waals surface area contributed by atoms with Gasteiger partial charge >= 0.3 is 0 Å². The fourth-order valence-corrected chi connectivity index (χ4v) is 6.20. The Bertz CT molecular complexity index is 650. The zero-order chi connectivity index (χ0) is 15.4. The van der Waals surface area contributed by atoms with Gasteiger partial charge in [-0.25, -0.2) is 0 Å². The number of hydrogen-bond acceptors (Lipinski definition) is 4. The van der Waals surface area contributed by atoms with Crippen LogP contribution in [0, 0.1) is 0 Å². The van der Waals surface area contributed by atoms with Crippen LogP contribution in [0.4, 0.5) is 0 Å². The van der Waals surface area contributed by atoms with Crippen LogP contribution in [-0.4, -0.2) is 18.2 Å². The molecular weight excluding hydrogens is 398 g/mol. The molecule has 1 aliphatic rings. The van der Waals surface area contributed by atoms with Gasteiger partial charge in [-0.15, -0.1) is 22.7 Å². The van der Waals surface area contributed by atoms with Crippen molar-refractivity contribution in [2.45, 2.75) is 31.4 Å². The molecule has 1 aliphatic carbocycles. The number of amides is 1. The molecule has 3 rings (SSSR count). The maximum Gasteiger partial charge on any atom is 0.252 e. The second-order valence-corrected chi connectivity index (χ2v) is 9.89. The van der Waals surface area contributed by atoms with Gasteiger partial charge in [-0.05, 0) is 59.3 Å². The number of halogens is 1. The molecule has 0 spiro atoms. The molecule has 1 N–H and O–H groups in total. The highest BCUT2D eigenvalue weighted by molar-refractivity contribution is 9.11. The third-order valence-corrected chi connectivity index (χ3v) is 7.61. The molecule has 0 aromatic carbocycles. The first-order valence-corrected chi connectivity index (χ1v) is 11.1. The minimum absolute atomic E-state index is 0.110. The summed E-state index contributed by atoms with van der Waals surface area (Å²) in [5.41, 5.74) is 2.23. The lowest BCUT2D eigenvalue weighted by Gasteiger charge is -2.12. The largest absolute Gasteiger partial charge is 0.351 e. The summed E-state index contributed by atoms with van der Waals surface area (Å²) in [7, 11) is 0. The van der Waals surface area contributed by atoms with Crippen molar-refractivity contribution in [1.82, 2.24) is 5.32 Å². The van der Waals surface area contributed by atoms with E-state index in [2.05, 4.69) is 33.4 Å². The average molecular weight is 416 g/mol. The summed E-state index contributed by atoms with van der Waals surface area (Å²) >= 11 is 8.87. The van der Waals surface area contributed by atoms with Crippen LogP contribution in [0.1, 0.15) is 38.5 Å². The molecule has 2 aromatic rings. The Kier molecular flexibility index (Phi) is 6.02. The van der Waals surface area contributed by atoms with Crippen LogP contribution < -0.4 is 5.32 Å². The first kappa shape index (κ1) is 16.6. The number of carbonyl (C=O) groups is 1. The quantitative estimate of drug-likeness (QED) is 0.663. The molecule has 1 amide bonds. The van der Waals surface area contributed by atoms with Crippen LogP contribution in [0.2, 0.25) is 0 Å². The third-order valence-electron chi connectivity index (χ3n) is 3.71. The second kappa shape index (κ2) is 7.99. The summed E-state index contributed by atoms with van der Waals surface area (Å²) in [5, 5.41) is 5.11. The first-order chi connectivity index (χ1) is 10.7. The number of carbonyl (C=O) groups excluding carboxylic acids is 1. The lowest BCUT2D eigenvalue weighted by molar-refractivity contribution is 0.0955. The molecule has 2 nitrogen and oxygen atoms in total. The van der Waals surface area contributed by atoms with Gasteiger partial charge in [-0.2, -0.15) is 11.8 Å². The lowest BCUT2D eigenvalue weighted by Crippen LogP contribution is -2.26. The fourth-order valence-electron chi connectivity index (χ4n) is 2.62. The van der Waals surface area contributed by atoms with E-state index in [0.29, 0.717) is 0 Å². The predicted molar refractivity (Wildman–Crippen MR) is 101 cm³/mol. The molecule has 0 radical (unpaired) electrons. The third kappa shape index (κ3) is 4.16. The van der Waals surface area contributed by atoms with E-state index in [1.807, 2.05) is 17.1 Å². The molecular formula is C16H18BrNOS3. The molecule has 2 aromatic heterocycles. The summed E-state index contributed by atoms with van der Waals surface area (Å²) in [6.07, 6.45) is 4.71. The van der Waals surface area contributed by atoms with Gasteiger partial charge in [0.05, 0.1) is 9.35 Å². The van der Waals surface area contributed by atoms with Crippen molar-refractivity contribution in [3.63, 3.8) is 0 Å². The van der Waals surface area contributed by atoms with Crippen LogP contribution in [0.5, 0.6) is 0 Å². The second-order valence-electron chi connectivity index (χ2n) is 5.27. The Labute approximate surface area is 151 Å². The van der Waals surface area contributed by atoms with Crippen molar-refractivity contribution >= 4 is 56.3 Å². The van der Waals surface area contributed by atoms with E-state index in [0.717, 1.165) is 36.5 Å². The van der Waals surface area contributed by atoms with Crippen molar-refractivity contribution in [3.8, 4) is 0 Å². The van der Waals surface area contributed by atoms with E-state index >= 15 is 0 Å². The molecule has 0 fully saturated rings. The zero-order valence-electron chi connectivity index (χ0n) is 12.2. The van der Waals surface area contributed by atoms with Crippen LogP contribution in [0.25, 0.3) is 0 Å². The smallest absolute Gasteiger partial charge is 0.252 e. The van der Waals surface area contributed by atoms with E-state index in [4.69, 9.17) is 0 Å². The first-order valence-electron chi connectivity index (χ1n) is 7.43. The van der Waals surface area contributed by atoms with Crippen LogP contribution in [-0.2, 0) is 18.6 Å². The number of thioether (sulfide) groups is 1. The van der Waals surface area contributed by atoms with E-state index < -0.39 is 0 Å². The molecule has 6 heteroatoms. The minimum atomic E-state index is 0.110. The fraction of sp³-hybridized carbons (Fsp3) is 0.438. The molecule has 0 atom stereocenters. The van der Waals surface area contributed by atoms with Gasteiger partial charge in [0.1, 0.15) is 0 Å². The SMILES string of the molecule is O=C(NCCSCc1ccc(Br)s1)c1csc2c1CCCC2. The molecule has 118 valence electrons. The molecule has 2 heterocycles. The summed E-state index contributed by atoms with van der Waals surface area (Å²) in [6, 6.07) is 4.24. The topological polar surface area (TPSA) is 29.1 Å². The Balaban J connectivity index is 1.42. The summed E-state index contributed by atoms with van der Waals surface area (Å²) in [6.45, 7) is 0.737. The molecule has 0 bridgehead atoms. The molecule has 0 unspecified atom stereocenters. The molecule has 22 heavy (non-hydrogen) atoms. The highest BCUT2D eigenvalue weighted by Crippen LogP contribution is 2.30. The van der Waals surface area contributed by atoms with E-state index in [9.17, 15) is 4.79 Å². The van der Waals surface area contributed by atoms with E-state index in [1.54, 1.807) is 22.7 Å². The maximum atomic E-state index is 12.3. The van der Waals surface area contributed by atoms with Crippen LogP contribution in [0.3, 0.4) is 0 Å². The number of aryl methyl sites for hydroxylation is 1. The maximum absolute atomic E-state index is 12.3. The summed E-state index contributed by atoms with van der Waals surface area (Å²) in [4.78, 5) is 15.1. The van der Waals surface area contributed by atoms with Gasteiger partial charge in [0.15, 0.2) is 0 Å². The highest BCUT2D eigenvalue weighted by atomic mass is 79.9. The normalized spacial score (nSPS) is 13.9. The average Bonchev–Trinajstić information content (AvgIpc) is 3.13. The van der Waals surface area contributed by atoms with Crippen LogP contribution in [0.15, 0.2) is 21.3 Å². The number of nitrogens with one attached hydrogen (secondary N) is 1. The number of fused-ring (bicyclic) bond motifs is 1. The Hall–Kier alpha value is -0.300. The monoisotopic (exact) mass is 415 g/mol. The summed E-state index contributed by atoms with van der Waals surface area (Å²) < 4.78 is 1.18. The van der Waals surface area contributed by atoms with E-state index in [1.165, 1.54) is 31.9 Å². The van der Waals surface area contributed by atoms with Gasteiger partial charge < -0.3 is 5.32 Å². The van der Waals surface area contributed by atoms with Gasteiger partial charge in [0, 0.05) is 33.2 Å². The van der Waals surface area contributed by atoms with Crippen molar-refractivity contribution in [2.24, 2.45) is 0 Å². The Morgan fingerprint density at radius 1 is 1.32 bits per heavy atom. The van der Waals surface area contributed by atoms with Gasteiger partial charge in [0.25, 0.3) is 5.91 Å². The number of rotatable bonds is 6. The predicted octanol–water partition coefficient (Wildman–Crippen LogP) is 5.11. The number of hydrogen-bond donors (Lipinski definition) is 1. The standard InChI is InChI=1S/C16H18BrNOS3/c17-15-6-5-11(22-15)9-20-8-7-18-16(19)13-10-21-14-4-2-1-3-12(13)14/h5-6,10H,1-4,7-9H2,(H,18,19). The molecule has 0 saturated heterocycles. The number of thiophene rings is 2. The van der Waals surface area contributed by atoms with Gasteiger partial charge in [0.2, 0.25) is 0 Å². The van der Waals surface area contributed by atoms with Gasteiger partial charge in [-0.3, -0.25) is 4.79 Å². The summed E-state index contributed by atoms with van der Waals surface area (Å²) in [5.74, 6) is 2.08.